The minimum absolute atomic E-state index is 0.129. The van der Waals surface area contributed by atoms with E-state index >= 15 is 0 Å². The van der Waals surface area contributed by atoms with Crippen LogP contribution in [-0.2, 0) is 14.8 Å². The molecule has 0 bridgehead atoms. The summed E-state index contributed by atoms with van der Waals surface area (Å²) < 4.78 is 28.1. The third-order valence-corrected chi connectivity index (χ3v) is 7.91. The third kappa shape index (κ3) is 5.68. The summed E-state index contributed by atoms with van der Waals surface area (Å²) in [5.41, 5.74) is 1.96. The fourth-order valence-corrected chi connectivity index (χ4v) is 5.77. The largest absolute Gasteiger partial charge is 0.323 e. The highest BCUT2D eigenvalue weighted by atomic mass is 32.2. The smallest absolute Gasteiger partial charge is 0.264 e. The average Bonchev–Trinajstić information content (AvgIpc) is 2.85. The normalized spacial score (nSPS) is 11.1. The molecular formula is C27H24N2O3S2. The van der Waals surface area contributed by atoms with Crippen molar-refractivity contribution in [1.29, 1.82) is 0 Å². The molecule has 7 heteroatoms. The first-order chi connectivity index (χ1) is 16.4. The molecule has 0 fully saturated rings. The van der Waals surface area contributed by atoms with Gasteiger partial charge in [-0.25, -0.2) is 8.42 Å². The lowest BCUT2D eigenvalue weighted by Gasteiger charge is -2.24. The Morgan fingerprint density at radius 3 is 2.18 bits per heavy atom. The zero-order valence-electron chi connectivity index (χ0n) is 18.6. The van der Waals surface area contributed by atoms with E-state index in [1.54, 1.807) is 36.4 Å². The number of aryl methyl sites for hydroxylation is 1. The molecule has 0 atom stereocenters. The molecule has 0 saturated carbocycles. The standard InChI is InChI=1S/C27H24N2O3S2/c1-21-11-10-12-22(19-21)29(34(31,32)24-15-6-3-7-16-24)20-27(30)28-25-17-8-9-18-26(25)33-23-13-4-2-5-14-23/h2-19H,20H2,1H3,(H,28,30). The van der Waals surface area contributed by atoms with Crippen LogP contribution in [0.4, 0.5) is 11.4 Å². The Morgan fingerprint density at radius 1 is 0.824 bits per heavy atom. The van der Waals surface area contributed by atoms with Gasteiger partial charge in [0.15, 0.2) is 0 Å². The van der Waals surface area contributed by atoms with Crippen LogP contribution in [0.2, 0.25) is 0 Å². The first kappa shape index (κ1) is 23.6. The number of para-hydroxylation sites is 1. The molecule has 0 heterocycles. The van der Waals surface area contributed by atoms with E-state index in [2.05, 4.69) is 5.32 Å². The summed E-state index contributed by atoms with van der Waals surface area (Å²) in [5, 5.41) is 2.90. The van der Waals surface area contributed by atoms with Crippen molar-refractivity contribution in [1.82, 2.24) is 0 Å². The zero-order chi connectivity index (χ0) is 24.0. The predicted octanol–water partition coefficient (Wildman–Crippen LogP) is 5.98. The van der Waals surface area contributed by atoms with Gasteiger partial charge in [-0.1, -0.05) is 72.4 Å². The predicted molar refractivity (Wildman–Crippen MR) is 138 cm³/mol. The van der Waals surface area contributed by atoms with Crippen LogP contribution in [0.3, 0.4) is 0 Å². The van der Waals surface area contributed by atoms with Gasteiger partial charge in [0.2, 0.25) is 5.91 Å². The number of hydrogen-bond donors (Lipinski definition) is 1. The van der Waals surface area contributed by atoms with Gasteiger partial charge in [0.05, 0.1) is 16.3 Å². The lowest BCUT2D eigenvalue weighted by molar-refractivity contribution is -0.114. The summed E-state index contributed by atoms with van der Waals surface area (Å²) >= 11 is 1.53. The average molecular weight is 489 g/mol. The Morgan fingerprint density at radius 2 is 1.47 bits per heavy atom. The molecule has 1 amide bonds. The summed E-state index contributed by atoms with van der Waals surface area (Å²) in [4.78, 5) is 15.2. The number of rotatable bonds is 8. The highest BCUT2D eigenvalue weighted by Gasteiger charge is 2.27. The third-order valence-electron chi connectivity index (χ3n) is 5.04. The minimum atomic E-state index is -3.95. The molecule has 1 N–H and O–H groups in total. The van der Waals surface area contributed by atoms with Crippen molar-refractivity contribution in [3.8, 4) is 0 Å². The Bertz CT molecular complexity index is 1380. The summed E-state index contributed by atoms with van der Waals surface area (Å²) in [7, 11) is -3.95. The lowest BCUT2D eigenvalue weighted by atomic mass is 10.2. The van der Waals surface area contributed by atoms with E-state index in [0.717, 1.165) is 19.7 Å². The summed E-state index contributed by atoms with van der Waals surface area (Å²) in [6, 6.07) is 32.6. The van der Waals surface area contributed by atoms with Crippen molar-refractivity contribution < 1.29 is 13.2 Å². The first-order valence-corrected chi connectivity index (χ1v) is 13.0. The number of amides is 1. The Kier molecular flexibility index (Phi) is 7.35. The van der Waals surface area contributed by atoms with Crippen molar-refractivity contribution in [2.24, 2.45) is 0 Å². The van der Waals surface area contributed by atoms with Crippen LogP contribution < -0.4 is 9.62 Å². The highest BCUT2D eigenvalue weighted by molar-refractivity contribution is 7.99. The number of nitrogens with zero attached hydrogens (tertiary/aromatic N) is 1. The molecule has 4 aromatic carbocycles. The van der Waals surface area contributed by atoms with Gasteiger partial charge in [-0.05, 0) is 61.0 Å². The van der Waals surface area contributed by atoms with Crippen molar-refractivity contribution in [2.75, 3.05) is 16.2 Å². The van der Waals surface area contributed by atoms with E-state index in [-0.39, 0.29) is 11.4 Å². The zero-order valence-corrected chi connectivity index (χ0v) is 20.2. The van der Waals surface area contributed by atoms with Crippen LogP contribution in [-0.4, -0.2) is 20.9 Å². The van der Waals surface area contributed by atoms with E-state index < -0.39 is 15.9 Å². The Hall–Kier alpha value is -3.55. The van der Waals surface area contributed by atoms with Gasteiger partial charge in [-0.3, -0.25) is 9.10 Å². The van der Waals surface area contributed by atoms with Crippen LogP contribution in [0.25, 0.3) is 0 Å². The van der Waals surface area contributed by atoms with E-state index in [9.17, 15) is 13.2 Å². The van der Waals surface area contributed by atoms with Gasteiger partial charge in [0.25, 0.3) is 10.0 Å². The summed E-state index contributed by atoms with van der Waals surface area (Å²) in [6.07, 6.45) is 0. The van der Waals surface area contributed by atoms with Gasteiger partial charge in [-0.15, -0.1) is 0 Å². The molecule has 172 valence electrons. The number of carbonyl (C=O) groups is 1. The number of benzene rings is 4. The molecule has 0 aliphatic carbocycles. The highest BCUT2D eigenvalue weighted by Crippen LogP contribution is 2.33. The van der Waals surface area contributed by atoms with Crippen LogP contribution >= 0.6 is 11.8 Å². The minimum Gasteiger partial charge on any atom is -0.323 e. The van der Waals surface area contributed by atoms with Crippen molar-refractivity contribution in [3.05, 3.63) is 115 Å². The number of hydrogen-bond acceptors (Lipinski definition) is 4. The topological polar surface area (TPSA) is 66.5 Å². The maximum absolute atomic E-state index is 13.5. The van der Waals surface area contributed by atoms with E-state index in [0.29, 0.717) is 11.4 Å². The van der Waals surface area contributed by atoms with Crippen molar-refractivity contribution in [3.63, 3.8) is 0 Å². The maximum Gasteiger partial charge on any atom is 0.264 e. The number of anilines is 2. The summed E-state index contributed by atoms with van der Waals surface area (Å²) in [5.74, 6) is -0.429. The molecule has 0 spiro atoms. The lowest BCUT2D eigenvalue weighted by Crippen LogP contribution is -2.38. The molecule has 0 unspecified atom stereocenters. The molecule has 5 nitrogen and oxygen atoms in total. The Labute approximate surface area is 204 Å². The molecule has 4 aromatic rings. The number of carbonyl (C=O) groups excluding carboxylic acids is 1. The number of nitrogens with one attached hydrogen (secondary N) is 1. The summed E-state index contributed by atoms with van der Waals surface area (Å²) in [6.45, 7) is 1.53. The maximum atomic E-state index is 13.5. The van der Waals surface area contributed by atoms with Gasteiger partial charge < -0.3 is 5.32 Å². The second-order valence-corrected chi connectivity index (χ2v) is 10.6. The molecule has 34 heavy (non-hydrogen) atoms. The molecule has 0 aliphatic rings. The second kappa shape index (κ2) is 10.6. The fourth-order valence-electron chi connectivity index (χ4n) is 3.41. The van der Waals surface area contributed by atoms with Crippen LogP contribution in [0.1, 0.15) is 5.56 Å². The van der Waals surface area contributed by atoms with Crippen molar-refractivity contribution in [2.45, 2.75) is 21.6 Å². The molecule has 0 saturated heterocycles. The van der Waals surface area contributed by atoms with Gasteiger partial charge >= 0.3 is 0 Å². The van der Waals surface area contributed by atoms with Gasteiger partial charge in [-0.2, -0.15) is 0 Å². The SMILES string of the molecule is Cc1cccc(N(CC(=O)Nc2ccccc2Sc2ccccc2)S(=O)(=O)c2ccccc2)c1. The van der Waals surface area contributed by atoms with E-state index in [1.165, 1.54) is 23.9 Å². The molecule has 0 aromatic heterocycles. The quantitative estimate of drug-likeness (QED) is 0.331. The van der Waals surface area contributed by atoms with Gasteiger partial charge in [0.1, 0.15) is 6.54 Å². The van der Waals surface area contributed by atoms with Gasteiger partial charge in [0, 0.05) is 9.79 Å². The number of sulfonamides is 1. The fraction of sp³-hybridized carbons (Fsp3) is 0.0741. The van der Waals surface area contributed by atoms with E-state index in [4.69, 9.17) is 0 Å². The van der Waals surface area contributed by atoms with E-state index in [1.807, 2.05) is 67.6 Å². The molecular weight excluding hydrogens is 464 g/mol. The van der Waals surface area contributed by atoms with Crippen molar-refractivity contribution >= 4 is 39.1 Å². The Balaban J connectivity index is 1.61. The monoisotopic (exact) mass is 488 g/mol. The molecule has 0 aliphatic heterocycles. The van der Waals surface area contributed by atoms with Crippen LogP contribution in [0, 0.1) is 6.92 Å². The molecule has 0 radical (unpaired) electrons. The first-order valence-electron chi connectivity index (χ1n) is 10.7. The second-order valence-electron chi connectivity index (χ2n) is 7.62. The van der Waals surface area contributed by atoms with Crippen LogP contribution in [0.5, 0.6) is 0 Å². The van der Waals surface area contributed by atoms with Crippen LogP contribution in [0.15, 0.2) is 124 Å². The molecule has 4 rings (SSSR count).